The van der Waals surface area contributed by atoms with Crippen molar-refractivity contribution < 1.29 is 27.4 Å². The van der Waals surface area contributed by atoms with Gasteiger partial charge in [0, 0.05) is 18.7 Å². The maximum absolute atomic E-state index is 13.1. The summed E-state index contributed by atoms with van der Waals surface area (Å²) in [6.07, 6.45) is -2.66. The molecule has 0 aromatic heterocycles. The number of benzene rings is 3. The second-order valence-corrected chi connectivity index (χ2v) is 8.98. The highest BCUT2D eigenvalue weighted by Crippen LogP contribution is 2.31. The summed E-state index contributed by atoms with van der Waals surface area (Å²) < 4.78 is 50.4. The van der Waals surface area contributed by atoms with Crippen LogP contribution in [-0.2, 0) is 12.7 Å². The van der Waals surface area contributed by atoms with Gasteiger partial charge in [-0.2, -0.15) is 13.2 Å². The van der Waals surface area contributed by atoms with Gasteiger partial charge in [-0.25, -0.2) is 0 Å². The van der Waals surface area contributed by atoms with E-state index in [4.69, 9.17) is 9.47 Å². The topological polar surface area (TPSA) is 38.8 Å². The molecular formula is C29H30F3NO3. The number of alkyl halides is 3. The number of aryl methyl sites for hydroxylation is 1. The standard InChI is InChI=1S/C29H30F3NO3/c1-6-28(4,5)36-26-16-15-25(17-20(26)3)35-24-10-8-9-22(18-24)27(34)33(7-2)19-21-11-13-23(14-12-21)29(30,31)32/h6,8-18H,1,7,19H2,2-5H3. The van der Waals surface area contributed by atoms with E-state index in [1.165, 1.54) is 12.1 Å². The molecule has 0 radical (unpaired) electrons. The van der Waals surface area contributed by atoms with Crippen LogP contribution in [0.1, 0.15) is 47.8 Å². The van der Waals surface area contributed by atoms with Gasteiger partial charge < -0.3 is 14.4 Å². The van der Waals surface area contributed by atoms with Gasteiger partial charge in [0.15, 0.2) is 0 Å². The number of rotatable bonds is 9. The Morgan fingerprint density at radius 3 is 2.25 bits per heavy atom. The van der Waals surface area contributed by atoms with Gasteiger partial charge in [-0.15, -0.1) is 0 Å². The Morgan fingerprint density at radius 2 is 1.67 bits per heavy atom. The van der Waals surface area contributed by atoms with Crippen LogP contribution in [0.4, 0.5) is 13.2 Å². The molecule has 3 aromatic carbocycles. The lowest BCUT2D eigenvalue weighted by Crippen LogP contribution is -2.30. The summed E-state index contributed by atoms with van der Waals surface area (Å²) in [5.74, 6) is 1.57. The minimum atomic E-state index is -4.40. The summed E-state index contributed by atoms with van der Waals surface area (Å²) >= 11 is 0. The first-order valence-electron chi connectivity index (χ1n) is 11.6. The summed E-state index contributed by atoms with van der Waals surface area (Å²) in [7, 11) is 0. The number of amides is 1. The Labute approximate surface area is 210 Å². The third-order valence-corrected chi connectivity index (χ3v) is 5.65. The molecule has 0 atom stereocenters. The van der Waals surface area contributed by atoms with E-state index >= 15 is 0 Å². The molecule has 4 nitrogen and oxygen atoms in total. The molecule has 0 saturated carbocycles. The number of carbonyl (C=O) groups excluding carboxylic acids is 1. The van der Waals surface area contributed by atoms with Crippen molar-refractivity contribution in [3.05, 3.63) is 102 Å². The second kappa shape index (κ2) is 10.9. The monoisotopic (exact) mass is 497 g/mol. The molecule has 0 fully saturated rings. The average molecular weight is 498 g/mol. The zero-order chi connectivity index (χ0) is 26.5. The number of ether oxygens (including phenoxy) is 2. The second-order valence-electron chi connectivity index (χ2n) is 8.98. The van der Waals surface area contributed by atoms with E-state index in [0.717, 1.165) is 23.4 Å². The SMILES string of the molecule is C=CC(C)(C)Oc1ccc(Oc2cccc(C(=O)N(CC)Cc3ccc(C(F)(F)F)cc3)c2)cc1C. The molecule has 0 aliphatic rings. The van der Waals surface area contributed by atoms with Gasteiger partial charge >= 0.3 is 6.18 Å². The predicted octanol–water partition coefficient (Wildman–Crippen LogP) is 7.81. The maximum Gasteiger partial charge on any atom is 0.416 e. The molecule has 3 rings (SSSR count). The lowest BCUT2D eigenvalue weighted by atomic mass is 10.1. The van der Waals surface area contributed by atoms with Gasteiger partial charge in [-0.05, 0) is 93.4 Å². The van der Waals surface area contributed by atoms with Gasteiger partial charge in [-0.3, -0.25) is 4.79 Å². The molecule has 0 N–H and O–H groups in total. The van der Waals surface area contributed by atoms with Crippen LogP contribution < -0.4 is 9.47 Å². The van der Waals surface area contributed by atoms with Gasteiger partial charge in [0.1, 0.15) is 22.8 Å². The molecule has 0 heterocycles. The van der Waals surface area contributed by atoms with Crippen molar-refractivity contribution in [1.82, 2.24) is 4.90 Å². The third kappa shape index (κ3) is 6.90. The minimum absolute atomic E-state index is 0.195. The molecular weight excluding hydrogens is 467 g/mol. The smallest absolute Gasteiger partial charge is 0.416 e. The number of hydrogen-bond acceptors (Lipinski definition) is 3. The fourth-order valence-electron chi connectivity index (χ4n) is 3.48. The fraction of sp³-hybridized carbons (Fsp3) is 0.276. The third-order valence-electron chi connectivity index (χ3n) is 5.65. The Morgan fingerprint density at radius 1 is 1.00 bits per heavy atom. The zero-order valence-electron chi connectivity index (χ0n) is 20.9. The van der Waals surface area contributed by atoms with Gasteiger partial charge in [0.25, 0.3) is 5.91 Å². The van der Waals surface area contributed by atoms with E-state index in [1.807, 2.05) is 39.8 Å². The van der Waals surface area contributed by atoms with E-state index < -0.39 is 17.3 Å². The quantitative estimate of drug-likeness (QED) is 0.283. The van der Waals surface area contributed by atoms with Crippen LogP contribution in [-0.4, -0.2) is 23.0 Å². The summed E-state index contributed by atoms with van der Waals surface area (Å²) in [4.78, 5) is 14.7. The van der Waals surface area contributed by atoms with E-state index in [0.29, 0.717) is 29.2 Å². The molecule has 0 saturated heterocycles. The van der Waals surface area contributed by atoms with Crippen molar-refractivity contribution in [3.8, 4) is 17.2 Å². The average Bonchev–Trinajstić information content (AvgIpc) is 2.83. The highest BCUT2D eigenvalue weighted by atomic mass is 19.4. The van der Waals surface area contributed by atoms with E-state index in [2.05, 4.69) is 6.58 Å². The molecule has 0 spiro atoms. The summed E-state index contributed by atoms with van der Waals surface area (Å²) in [6.45, 7) is 12.0. The van der Waals surface area contributed by atoms with Crippen LogP contribution in [0.2, 0.25) is 0 Å². The largest absolute Gasteiger partial charge is 0.484 e. The first-order valence-corrected chi connectivity index (χ1v) is 11.6. The molecule has 0 aliphatic carbocycles. The van der Waals surface area contributed by atoms with Crippen LogP contribution >= 0.6 is 0 Å². The van der Waals surface area contributed by atoms with E-state index in [1.54, 1.807) is 41.3 Å². The highest BCUT2D eigenvalue weighted by Gasteiger charge is 2.30. The van der Waals surface area contributed by atoms with Crippen LogP contribution in [0, 0.1) is 6.92 Å². The lowest BCUT2D eigenvalue weighted by Gasteiger charge is -2.24. The highest BCUT2D eigenvalue weighted by molar-refractivity contribution is 5.94. The molecule has 3 aromatic rings. The molecule has 190 valence electrons. The number of hydrogen-bond donors (Lipinski definition) is 0. The van der Waals surface area contributed by atoms with Gasteiger partial charge in [0.2, 0.25) is 0 Å². The molecule has 0 bridgehead atoms. The molecule has 0 unspecified atom stereocenters. The Hall–Kier alpha value is -3.74. The lowest BCUT2D eigenvalue weighted by molar-refractivity contribution is -0.137. The van der Waals surface area contributed by atoms with Crippen LogP contribution in [0.3, 0.4) is 0 Å². The summed E-state index contributed by atoms with van der Waals surface area (Å²) in [5.41, 5.74) is 0.703. The van der Waals surface area contributed by atoms with Crippen molar-refractivity contribution in [2.75, 3.05) is 6.54 Å². The van der Waals surface area contributed by atoms with Crippen molar-refractivity contribution in [1.29, 1.82) is 0 Å². The number of nitrogens with zero attached hydrogens (tertiary/aromatic N) is 1. The van der Waals surface area contributed by atoms with E-state index in [9.17, 15) is 18.0 Å². The summed E-state index contributed by atoms with van der Waals surface area (Å²) in [5, 5.41) is 0. The van der Waals surface area contributed by atoms with Crippen LogP contribution in [0.5, 0.6) is 17.2 Å². The van der Waals surface area contributed by atoms with Crippen molar-refractivity contribution in [3.63, 3.8) is 0 Å². The maximum atomic E-state index is 13.1. The predicted molar refractivity (Wildman–Crippen MR) is 134 cm³/mol. The number of halogens is 3. The Balaban J connectivity index is 1.72. The van der Waals surface area contributed by atoms with Crippen molar-refractivity contribution >= 4 is 5.91 Å². The summed E-state index contributed by atoms with van der Waals surface area (Å²) in [6, 6.07) is 17.1. The molecule has 0 aliphatic heterocycles. The fourth-order valence-corrected chi connectivity index (χ4v) is 3.48. The van der Waals surface area contributed by atoms with Gasteiger partial charge in [-0.1, -0.05) is 24.8 Å². The molecule has 1 amide bonds. The van der Waals surface area contributed by atoms with E-state index in [-0.39, 0.29) is 12.5 Å². The first-order chi connectivity index (χ1) is 16.9. The Bertz CT molecular complexity index is 1220. The molecule has 36 heavy (non-hydrogen) atoms. The number of carbonyl (C=O) groups is 1. The van der Waals surface area contributed by atoms with Crippen molar-refractivity contribution in [2.45, 2.75) is 46.0 Å². The first kappa shape index (κ1) is 26.9. The normalized spacial score (nSPS) is 11.6. The zero-order valence-corrected chi connectivity index (χ0v) is 20.9. The molecule has 7 heteroatoms. The van der Waals surface area contributed by atoms with Crippen LogP contribution in [0.15, 0.2) is 79.4 Å². The van der Waals surface area contributed by atoms with Gasteiger partial charge in [0.05, 0.1) is 5.56 Å². The van der Waals surface area contributed by atoms with Crippen molar-refractivity contribution in [2.24, 2.45) is 0 Å². The minimum Gasteiger partial charge on any atom is -0.484 e. The van der Waals surface area contributed by atoms with Crippen LogP contribution in [0.25, 0.3) is 0 Å². The Kier molecular flexibility index (Phi) is 8.13.